The Bertz CT molecular complexity index is 581. The van der Waals surface area contributed by atoms with Gasteiger partial charge >= 0.3 is 0 Å². The summed E-state index contributed by atoms with van der Waals surface area (Å²) < 4.78 is 27.2. The van der Waals surface area contributed by atoms with Gasteiger partial charge in [-0.05, 0) is 64.0 Å². The summed E-state index contributed by atoms with van der Waals surface area (Å²) in [7, 11) is 0.400. The highest BCUT2D eigenvalue weighted by molar-refractivity contribution is 7.89. The minimum absolute atomic E-state index is 0. The van der Waals surface area contributed by atoms with Gasteiger partial charge in [-0.1, -0.05) is 12.1 Å². The van der Waals surface area contributed by atoms with Gasteiger partial charge in [0.25, 0.3) is 0 Å². The number of halogens is 1. The van der Waals surface area contributed by atoms with Gasteiger partial charge in [0.2, 0.25) is 10.0 Å². The van der Waals surface area contributed by atoms with E-state index in [9.17, 15) is 8.42 Å². The molecule has 0 radical (unpaired) electrons. The summed E-state index contributed by atoms with van der Waals surface area (Å²) in [4.78, 5) is 2.69. The van der Waals surface area contributed by atoms with E-state index in [-0.39, 0.29) is 18.4 Å². The molecule has 1 aromatic rings. The number of piperidine rings is 1. The van der Waals surface area contributed by atoms with Crippen molar-refractivity contribution in [2.24, 2.45) is 0 Å². The van der Waals surface area contributed by atoms with Crippen molar-refractivity contribution in [3.63, 3.8) is 0 Å². The Hall–Kier alpha value is -0.620. The summed E-state index contributed by atoms with van der Waals surface area (Å²) in [5.41, 5.74) is 1.79. The quantitative estimate of drug-likeness (QED) is 0.853. The third kappa shape index (κ3) is 3.97. The van der Waals surface area contributed by atoms with E-state index < -0.39 is 10.0 Å². The summed E-state index contributed by atoms with van der Waals surface area (Å²) >= 11 is 0. The highest BCUT2D eigenvalue weighted by atomic mass is 35.5. The van der Waals surface area contributed by atoms with Crippen LogP contribution >= 0.6 is 12.4 Å². The van der Waals surface area contributed by atoms with E-state index in [0.29, 0.717) is 4.90 Å². The second kappa shape index (κ2) is 7.09. The SMILES string of the molecule is Cc1ccc(C)c(S(=O)(=O)N(C)C2CCN(C)CC2)c1.Cl. The van der Waals surface area contributed by atoms with Gasteiger partial charge in [-0.15, -0.1) is 12.4 Å². The van der Waals surface area contributed by atoms with Crippen LogP contribution in [0.25, 0.3) is 0 Å². The van der Waals surface area contributed by atoms with Crippen molar-refractivity contribution in [2.45, 2.75) is 37.6 Å². The van der Waals surface area contributed by atoms with Gasteiger partial charge in [0.15, 0.2) is 0 Å². The molecule has 0 saturated carbocycles. The third-order valence-corrected chi connectivity index (χ3v) is 6.26. The number of sulfonamides is 1. The lowest BCUT2D eigenvalue weighted by Gasteiger charge is -2.34. The van der Waals surface area contributed by atoms with Crippen LogP contribution in [-0.2, 0) is 10.0 Å². The van der Waals surface area contributed by atoms with Gasteiger partial charge in [-0.3, -0.25) is 0 Å². The predicted molar refractivity (Wildman–Crippen MR) is 88.6 cm³/mol. The first-order valence-electron chi connectivity index (χ1n) is 7.06. The Labute approximate surface area is 134 Å². The lowest BCUT2D eigenvalue weighted by molar-refractivity contribution is 0.197. The minimum Gasteiger partial charge on any atom is -0.306 e. The molecule has 1 heterocycles. The second-order valence-corrected chi connectivity index (χ2v) is 7.79. The van der Waals surface area contributed by atoms with E-state index >= 15 is 0 Å². The first-order valence-corrected chi connectivity index (χ1v) is 8.50. The predicted octanol–water partition coefficient (Wildman–Crippen LogP) is 2.44. The smallest absolute Gasteiger partial charge is 0.243 e. The first-order chi connectivity index (χ1) is 9.32. The highest BCUT2D eigenvalue weighted by Gasteiger charge is 2.30. The van der Waals surface area contributed by atoms with Gasteiger partial charge < -0.3 is 4.90 Å². The van der Waals surface area contributed by atoms with Crippen molar-refractivity contribution in [1.29, 1.82) is 0 Å². The summed E-state index contributed by atoms with van der Waals surface area (Å²) in [5.74, 6) is 0. The normalized spacial score (nSPS) is 17.8. The molecule has 1 fully saturated rings. The zero-order valence-electron chi connectivity index (χ0n) is 13.2. The van der Waals surface area contributed by atoms with Crippen LogP contribution in [0.2, 0.25) is 0 Å². The average molecular weight is 333 g/mol. The molecule has 0 atom stereocenters. The Balaban J connectivity index is 0.00000220. The van der Waals surface area contributed by atoms with Gasteiger partial charge in [0.1, 0.15) is 0 Å². The molecule has 1 aromatic carbocycles. The molecule has 4 nitrogen and oxygen atoms in total. The number of benzene rings is 1. The maximum absolute atomic E-state index is 12.8. The van der Waals surface area contributed by atoms with Crippen LogP contribution in [0.4, 0.5) is 0 Å². The summed E-state index contributed by atoms with van der Waals surface area (Å²) in [6.07, 6.45) is 1.80. The van der Waals surface area contributed by atoms with Crippen LogP contribution in [0.5, 0.6) is 0 Å². The molecule has 1 aliphatic heterocycles. The van der Waals surface area contributed by atoms with Crippen LogP contribution in [0, 0.1) is 13.8 Å². The number of nitrogens with zero attached hydrogens (tertiary/aromatic N) is 2. The van der Waals surface area contributed by atoms with Crippen molar-refractivity contribution in [3.8, 4) is 0 Å². The second-order valence-electron chi connectivity index (χ2n) is 5.82. The summed E-state index contributed by atoms with van der Waals surface area (Å²) in [6.45, 7) is 5.69. The number of hydrogen-bond acceptors (Lipinski definition) is 3. The third-order valence-electron chi connectivity index (χ3n) is 4.20. The van der Waals surface area contributed by atoms with Crippen molar-refractivity contribution < 1.29 is 8.42 Å². The van der Waals surface area contributed by atoms with Gasteiger partial charge in [-0.25, -0.2) is 8.42 Å². The summed E-state index contributed by atoms with van der Waals surface area (Å²) in [6, 6.07) is 5.71. The molecule has 0 aliphatic carbocycles. The van der Waals surface area contributed by atoms with E-state index in [4.69, 9.17) is 0 Å². The maximum atomic E-state index is 12.8. The monoisotopic (exact) mass is 332 g/mol. The molecule has 0 amide bonds. The fourth-order valence-electron chi connectivity index (χ4n) is 2.70. The molecule has 0 spiro atoms. The van der Waals surface area contributed by atoms with E-state index in [0.717, 1.165) is 37.1 Å². The number of aryl methyl sites for hydroxylation is 2. The topological polar surface area (TPSA) is 40.6 Å². The first kappa shape index (κ1) is 18.4. The van der Waals surface area contributed by atoms with E-state index in [1.54, 1.807) is 17.4 Å². The number of rotatable bonds is 3. The molecule has 0 bridgehead atoms. The fraction of sp³-hybridized carbons (Fsp3) is 0.600. The Morgan fingerprint density at radius 2 is 1.76 bits per heavy atom. The van der Waals surface area contributed by atoms with Crippen LogP contribution < -0.4 is 0 Å². The fourth-order valence-corrected chi connectivity index (χ4v) is 4.42. The molecule has 6 heteroatoms. The molecule has 0 N–H and O–H groups in total. The molecular weight excluding hydrogens is 308 g/mol. The van der Waals surface area contributed by atoms with E-state index in [1.807, 2.05) is 26.0 Å². The minimum atomic E-state index is -3.39. The van der Waals surface area contributed by atoms with E-state index in [1.165, 1.54) is 0 Å². The summed E-state index contributed by atoms with van der Waals surface area (Å²) in [5, 5.41) is 0. The highest BCUT2D eigenvalue weighted by Crippen LogP contribution is 2.25. The van der Waals surface area contributed by atoms with Crippen molar-refractivity contribution in [2.75, 3.05) is 27.2 Å². The molecule has 0 unspecified atom stereocenters. The van der Waals surface area contributed by atoms with E-state index in [2.05, 4.69) is 11.9 Å². The van der Waals surface area contributed by atoms with Crippen molar-refractivity contribution in [3.05, 3.63) is 29.3 Å². The zero-order valence-corrected chi connectivity index (χ0v) is 14.8. The molecule has 2 rings (SSSR count). The molecular formula is C15H25ClN2O2S. The lowest BCUT2D eigenvalue weighted by atomic mass is 10.1. The molecule has 120 valence electrons. The Morgan fingerprint density at radius 1 is 1.19 bits per heavy atom. The van der Waals surface area contributed by atoms with Crippen LogP contribution in [0.1, 0.15) is 24.0 Å². The number of likely N-dealkylation sites (tertiary alicyclic amines) is 1. The molecule has 1 aliphatic rings. The number of hydrogen-bond donors (Lipinski definition) is 0. The van der Waals surface area contributed by atoms with Crippen molar-refractivity contribution in [1.82, 2.24) is 9.21 Å². The van der Waals surface area contributed by atoms with Gasteiger partial charge in [-0.2, -0.15) is 4.31 Å². The largest absolute Gasteiger partial charge is 0.306 e. The van der Waals surface area contributed by atoms with Crippen molar-refractivity contribution >= 4 is 22.4 Å². The average Bonchev–Trinajstić information content (AvgIpc) is 2.41. The maximum Gasteiger partial charge on any atom is 0.243 e. The van der Waals surface area contributed by atoms with Crippen LogP contribution in [0.15, 0.2) is 23.1 Å². The standard InChI is InChI=1S/C15H24N2O2S.ClH/c1-12-5-6-13(2)15(11-12)20(18,19)17(4)14-7-9-16(3)10-8-14;/h5-6,11,14H,7-10H2,1-4H3;1H. The van der Waals surface area contributed by atoms with Crippen LogP contribution in [-0.4, -0.2) is 50.8 Å². The van der Waals surface area contributed by atoms with Gasteiger partial charge in [0.05, 0.1) is 4.90 Å². The molecule has 1 saturated heterocycles. The zero-order chi connectivity index (χ0) is 14.9. The lowest BCUT2D eigenvalue weighted by Crippen LogP contribution is -2.44. The van der Waals surface area contributed by atoms with Crippen LogP contribution in [0.3, 0.4) is 0 Å². The molecule has 21 heavy (non-hydrogen) atoms. The Kier molecular flexibility index (Phi) is 6.23. The molecule has 0 aromatic heterocycles. The van der Waals surface area contributed by atoms with Gasteiger partial charge in [0, 0.05) is 13.1 Å². The Morgan fingerprint density at radius 3 is 2.33 bits per heavy atom.